The van der Waals surface area contributed by atoms with Crippen LogP contribution in [0.5, 0.6) is 0 Å². The summed E-state index contributed by atoms with van der Waals surface area (Å²) in [6.07, 6.45) is 0. The number of rotatable bonds is 0. The van der Waals surface area contributed by atoms with Crippen molar-refractivity contribution in [2.75, 3.05) is 0 Å². The first kappa shape index (κ1) is 11.3. The van der Waals surface area contributed by atoms with E-state index in [1.54, 1.807) is 7.05 Å². The zero-order chi connectivity index (χ0) is 12.1. The second-order valence-corrected chi connectivity index (χ2v) is 5.39. The van der Waals surface area contributed by atoms with Crippen molar-refractivity contribution in [1.82, 2.24) is 4.57 Å². The van der Waals surface area contributed by atoms with E-state index in [1.807, 2.05) is 12.1 Å². The molecule has 0 fully saturated rings. The molecule has 1 aromatic carbocycles. The molecule has 2 aromatic rings. The quantitative estimate of drug-likeness (QED) is 0.708. The Morgan fingerprint density at radius 3 is 2.50 bits per heavy atom. The minimum absolute atomic E-state index is 0.00878. The smallest absolute Gasteiger partial charge is 0.406 e. The molecule has 16 heavy (non-hydrogen) atoms. The number of aryl methyl sites for hydroxylation is 1. The molecule has 3 nitrogen and oxygen atoms in total. The summed E-state index contributed by atoms with van der Waals surface area (Å²) in [6, 6.07) is 3.80. The number of hydrogen-bond donors (Lipinski definition) is 0. The highest BCUT2D eigenvalue weighted by molar-refractivity contribution is 6.34. The summed E-state index contributed by atoms with van der Waals surface area (Å²) in [6.45, 7) is 6.30. The second-order valence-electron chi connectivity index (χ2n) is 4.98. The van der Waals surface area contributed by atoms with Crippen LogP contribution in [0.1, 0.15) is 26.3 Å². The lowest BCUT2D eigenvalue weighted by Gasteiger charge is -2.19. The maximum absolute atomic E-state index is 11.4. The van der Waals surface area contributed by atoms with Gasteiger partial charge in [-0.3, -0.25) is 4.57 Å². The van der Waals surface area contributed by atoms with Crippen LogP contribution in [0, 0.1) is 0 Å². The summed E-state index contributed by atoms with van der Waals surface area (Å²) >= 11 is 6.11. The molecule has 0 bridgehead atoms. The molecule has 0 amide bonds. The molecule has 0 saturated carbocycles. The maximum Gasteiger partial charge on any atom is 0.419 e. The number of benzene rings is 1. The Kier molecular flexibility index (Phi) is 2.39. The second kappa shape index (κ2) is 3.39. The van der Waals surface area contributed by atoms with Gasteiger partial charge in [-0.05, 0) is 23.1 Å². The van der Waals surface area contributed by atoms with Gasteiger partial charge in [-0.1, -0.05) is 32.4 Å². The van der Waals surface area contributed by atoms with Gasteiger partial charge in [-0.15, -0.1) is 0 Å². The van der Waals surface area contributed by atoms with Crippen molar-refractivity contribution in [3.63, 3.8) is 0 Å². The molecule has 0 spiro atoms. The standard InChI is InChI=1S/C12H14ClNO2/c1-12(2,3)7-5-8(13)10-9(6-7)14(4)11(15)16-10/h5-6H,1-4H3. The molecule has 0 N–H and O–H groups in total. The van der Waals surface area contributed by atoms with Crippen LogP contribution in [0.4, 0.5) is 0 Å². The van der Waals surface area contributed by atoms with Gasteiger partial charge < -0.3 is 4.42 Å². The highest BCUT2D eigenvalue weighted by Crippen LogP contribution is 2.30. The van der Waals surface area contributed by atoms with Crippen LogP contribution in [0.15, 0.2) is 21.3 Å². The van der Waals surface area contributed by atoms with Gasteiger partial charge in [0.1, 0.15) is 0 Å². The van der Waals surface area contributed by atoms with Crippen molar-refractivity contribution >= 4 is 22.7 Å². The zero-order valence-corrected chi connectivity index (χ0v) is 10.6. The molecule has 86 valence electrons. The summed E-state index contributed by atoms with van der Waals surface area (Å²) in [4.78, 5) is 11.4. The third kappa shape index (κ3) is 1.65. The van der Waals surface area contributed by atoms with Crippen LogP contribution in [0.3, 0.4) is 0 Å². The van der Waals surface area contributed by atoms with E-state index in [2.05, 4.69) is 20.8 Å². The van der Waals surface area contributed by atoms with E-state index in [-0.39, 0.29) is 11.2 Å². The lowest BCUT2D eigenvalue weighted by Crippen LogP contribution is -2.12. The Morgan fingerprint density at radius 1 is 1.31 bits per heavy atom. The number of nitrogens with zero attached hydrogens (tertiary/aromatic N) is 1. The highest BCUT2D eigenvalue weighted by Gasteiger charge is 2.18. The topological polar surface area (TPSA) is 35.1 Å². The molecule has 1 aromatic heterocycles. The average Bonchev–Trinajstić information content (AvgIpc) is 2.44. The minimum Gasteiger partial charge on any atom is -0.406 e. The number of hydrogen-bond acceptors (Lipinski definition) is 2. The molecule has 4 heteroatoms. The summed E-state index contributed by atoms with van der Waals surface area (Å²) in [5, 5.41) is 0.486. The van der Waals surface area contributed by atoms with Crippen molar-refractivity contribution in [2.45, 2.75) is 26.2 Å². The molecule has 0 saturated heterocycles. The number of oxazole rings is 1. The summed E-state index contributed by atoms with van der Waals surface area (Å²) < 4.78 is 6.54. The molecular weight excluding hydrogens is 226 g/mol. The van der Waals surface area contributed by atoms with Gasteiger partial charge in [0.05, 0.1) is 10.5 Å². The Morgan fingerprint density at radius 2 is 1.94 bits per heavy atom. The molecule has 1 heterocycles. The van der Waals surface area contributed by atoms with E-state index in [1.165, 1.54) is 4.57 Å². The first-order valence-corrected chi connectivity index (χ1v) is 5.48. The monoisotopic (exact) mass is 239 g/mol. The molecule has 0 atom stereocenters. The van der Waals surface area contributed by atoms with Crippen molar-refractivity contribution in [3.8, 4) is 0 Å². The van der Waals surface area contributed by atoms with Crippen LogP contribution in [0.25, 0.3) is 11.1 Å². The van der Waals surface area contributed by atoms with Crippen LogP contribution in [0.2, 0.25) is 5.02 Å². The molecule has 0 unspecified atom stereocenters. The van der Waals surface area contributed by atoms with E-state index in [0.717, 1.165) is 11.1 Å². The van der Waals surface area contributed by atoms with Crippen molar-refractivity contribution in [3.05, 3.63) is 33.3 Å². The van der Waals surface area contributed by atoms with Gasteiger partial charge in [0.15, 0.2) is 5.58 Å². The molecule has 2 rings (SSSR count). The molecular formula is C12H14ClNO2. The normalized spacial score (nSPS) is 12.3. The highest BCUT2D eigenvalue weighted by atomic mass is 35.5. The minimum atomic E-state index is -0.386. The van der Waals surface area contributed by atoms with E-state index in [0.29, 0.717) is 10.6 Å². The largest absolute Gasteiger partial charge is 0.419 e. The first-order valence-electron chi connectivity index (χ1n) is 5.10. The van der Waals surface area contributed by atoms with Gasteiger partial charge in [-0.25, -0.2) is 4.79 Å². The Bertz CT molecular complexity index is 602. The Hall–Kier alpha value is -1.22. The van der Waals surface area contributed by atoms with Crippen molar-refractivity contribution in [1.29, 1.82) is 0 Å². The SMILES string of the molecule is Cn1c(=O)oc2c(Cl)cc(C(C)(C)C)cc21. The molecule has 0 aliphatic rings. The lowest BCUT2D eigenvalue weighted by molar-refractivity contribution is 0.528. The number of halogens is 1. The van der Waals surface area contributed by atoms with E-state index >= 15 is 0 Å². The third-order valence-corrected chi connectivity index (χ3v) is 3.00. The van der Waals surface area contributed by atoms with Gasteiger partial charge >= 0.3 is 5.76 Å². The molecule has 0 radical (unpaired) electrons. The van der Waals surface area contributed by atoms with Crippen molar-refractivity contribution < 1.29 is 4.42 Å². The van der Waals surface area contributed by atoms with Crippen LogP contribution >= 0.6 is 11.6 Å². The maximum atomic E-state index is 11.4. The van der Waals surface area contributed by atoms with E-state index < -0.39 is 0 Å². The fourth-order valence-electron chi connectivity index (χ4n) is 1.62. The van der Waals surface area contributed by atoms with Gasteiger partial charge in [0, 0.05) is 7.05 Å². The van der Waals surface area contributed by atoms with Gasteiger partial charge in [0.2, 0.25) is 0 Å². The van der Waals surface area contributed by atoms with Crippen LogP contribution < -0.4 is 5.76 Å². The van der Waals surface area contributed by atoms with E-state index in [9.17, 15) is 4.79 Å². The average molecular weight is 240 g/mol. The predicted octanol–water partition coefficient (Wildman–Crippen LogP) is 3.08. The first-order chi connectivity index (χ1) is 7.30. The fourth-order valence-corrected chi connectivity index (χ4v) is 1.87. The Labute approximate surface area is 98.6 Å². The number of aromatic nitrogens is 1. The summed E-state index contributed by atoms with van der Waals surface area (Å²) in [5.41, 5.74) is 2.27. The van der Waals surface area contributed by atoms with Gasteiger partial charge in [0.25, 0.3) is 0 Å². The summed E-state index contributed by atoms with van der Waals surface area (Å²) in [5.74, 6) is -0.386. The van der Waals surface area contributed by atoms with Crippen LogP contribution in [-0.4, -0.2) is 4.57 Å². The fraction of sp³-hybridized carbons (Fsp3) is 0.417. The Balaban J connectivity index is 2.85. The van der Waals surface area contributed by atoms with Crippen LogP contribution in [-0.2, 0) is 12.5 Å². The molecule has 0 aliphatic heterocycles. The molecule has 0 aliphatic carbocycles. The van der Waals surface area contributed by atoms with Gasteiger partial charge in [-0.2, -0.15) is 0 Å². The predicted molar refractivity (Wildman–Crippen MR) is 65.2 cm³/mol. The van der Waals surface area contributed by atoms with Crippen molar-refractivity contribution in [2.24, 2.45) is 7.05 Å². The zero-order valence-electron chi connectivity index (χ0n) is 9.80. The summed E-state index contributed by atoms with van der Waals surface area (Å²) in [7, 11) is 1.68. The third-order valence-electron chi connectivity index (χ3n) is 2.71. The lowest BCUT2D eigenvalue weighted by atomic mass is 9.87. The van der Waals surface area contributed by atoms with E-state index in [4.69, 9.17) is 16.0 Å². The number of fused-ring (bicyclic) bond motifs is 1.